The summed E-state index contributed by atoms with van der Waals surface area (Å²) >= 11 is 0. The molecule has 2 aromatic carbocycles. The fourth-order valence-corrected chi connectivity index (χ4v) is 2.58. The fourth-order valence-electron chi connectivity index (χ4n) is 2.58. The van der Waals surface area contributed by atoms with Crippen LogP contribution in [0.3, 0.4) is 0 Å². The van der Waals surface area contributed by atoms with E-state index in [-0.39, 0.29) is 0 Å². The molecule has 0 aliphatic carbocycles. The number of aromatic nitrogens is 1. The molecule has 0 amide bonds. The Bertz CT molecular complexity index is 884. The van der Waals surface area contributed by atoms with Gasteiger partial charge < -0.3 is 4.74 Å². The molecule has 0 spiro atoms. The van der Waals surface area contributed by atoms with E-state index in [0.717, 1.165) is 27.9 Å². The van der Waals surface area contributed by atoms with Crippen LogP contribution in [0.4, 0.5) is 0 Å². The van der Waals surface area contributed by atoms with Gasteiger partial charge in [0.1, 0.15) is 11.4 Å². The van der Waals surface area contributed by atoms with Gasteiger partial charge in [-0.2, -0.15) is 0 Å². The zero-order chi connectivity index (χ0) is 15.5. The number of allylic oxidation sites excluding steroid dienone is 2. The summed E-state index contributed by atoms with van der Waals surface area (Å²) in [6.07, 6.45) is 1.52. The number of fused-ring (bicyclic) bond motifs is 1. The van der Waals surface area contributed by atoms with Crippen LogP contribution in [0.25, 0.3) is 27.9 Å². The quantitative estimate of drug-likeness (QED) is 0.533. The van der Waals surface area contributed by atoms with Gasteiger partial charge in [-0.25, -0.2) is 4.79 Å². The van der Waals surface area contributed by atoms with Gasteiger partial charge in [-0.05, 0) is 35.9 Å². The molecule has 0 bridgehead atoms. The van der Waals surface area contributed by atoms with Gasteiger partial charge in [0.25, 0.3) is 0 Å². The molecular formula is C19H15NO2. The minimum Gasteiger partial charge on any atom is -0.497 e. The zero-order valence-corrected chi connectivity index (χ0v) is 12.2. The average molecular weight is 289 g/mol. The van der Waals surface area contributed by atoms with Crippen LogP contribution < -0.4 is 4.74 Å². The van der Waals surface area contributed by atoms with Gasteiger partial charge in [0, 0.05) is 5.39 Å². The Hall–Kier alpha value is -3.03. The number of benzene rings is 2. The third kappa shape index (κ3) is 2.24. The summed E-state index contributed by atoms with van der Waals surface area (Å²) in [5.41, 5.74) is 3.24. The molecule has 3 aromatic rings. The zero-order valence-electron chi connectivity index (χ0n) is 12.2. The molecule has 3 nitrogen and oxygen atoms in total. The van der Waals surface area contributed by atoms with Gasteiger partial charge in [0.2, 0.25) is 0 Å². The number of methoxy groups -OCH3 is 1. The van der Waals surface area contributed by atoms with Crippen molar-refractivity contribution < 1.29 is 9.53 Å². The Balaban J connectivity index is 2.37. The van der Waals surface area contributed by atoms with E-state index in [1.54, 1.807) is 7.11 Å². The topological polar surface area (TPSA) is 31.2 Å². The minimum atomic E-state index is 0.388. The molecule has 0 saturated carbocycles. The molecule has 108 valence electrons. The highest BCUT2D eigenvalue weighted by molar-refractivity contribution is 5.97. The molecule has 22 heavy (non-hydrogen) atoms. The average Bonchev–Trinajstić information content (AvgIpc) is 2.95. The van der Waals surface area contributed by atoms with Gasteiger partial charge in [0.15, 0.2) is 5.94 Å². The molecule has 0 unspecified atom stereocenters. The lowest BCUT2D eigenvalue weighted by Crippen LogP contribution is -1.97. The lowest BCUT2D eigenvalue weighted by Gasteiger charge is -2.09. The molecule has 3 rings (SSSR count). The third-order valence-electron chi connectivity index (χ3n) is 3.62. The number of hydrogen-bond donors (Lipinski definition) is 0. The third-order valence-corrected chi connectivity index (χ3v) is 3.62. The smallest absolute Gasteiger partial charge is 0.151 e. The molecule has 0 atom stereocenters. The van der Waals surface area contributed by atoms with Crippen molar-refractivity contribution in [3.63, 3.8) is 0 Å². The van der Waals surface area contributed by atoms with Crippen molar-refractivity contribution in [2.24, 2.45) is 0 Å². The van der Waals surface area contributed by atoms with Crippen molar-refractivity contribution in [1.29, 1.82) is 0 Å². The van der Waals surface area contributed by atoms with Crippen LogP contribution in [0.2, 0.25) is 0 Å². The van der Waals surface area contributed by atoms with E-state index >= 15 is 0 Å². The monoisotopic (exact) mass is 289 g/mol. The van der Waals surface area contributed by atoms with Crippen LogP contribution in [0.5, 0.6) is 5.75 Å². The van der Waals surface area contributed by atoms with E-state index in [1.165, 1.54) is 6.08 Å². The van der Waals surface area contributed by atoms with E-state index in [4.69, 9.17) is 4.74 Å². The molecule has 0 N–H and O–H groups in total. The highest BCUT2D eigenvalue weighted by atomic mass is 16.5. The number of rotatable bonds is 4. The first kappa shape index (κ1) is 13.9. The standard InChI is InChI=1S/C19H15NO2/c1-3-16(13-21)20-18-10-9-17(22-2)11-15(18)12-19(20)14-7-5-4-6-8-14/h3-12H,1H2,2H3. The van der Waals surface area contributed by atoms with Gasteiger partial charge in [-0.1, -0.05) is 36.9 Å². The summed E-state index contributed by atoms with van der Waals surface area (Å²) in [6.45, 7) is 3.72. The molecule has 3 heteroatoms. The first-order chi connectivity index (χ1) is 10.8. The summed E-state index contributed by atoms with van der Waals surface area (Å²) in [6, 6.07) is 17.7. The minimum absolute atomic E-state index is 0.388. The largest absolute Gasteiger partial charge is 0.497 e. The second-order valence-corrected chi connectivity index (χ2v) is 4.85. The van der Waals surface area contributed by atoms with Crippen molar-refractivity contribution >= 4 is 22.5 Å². The van der Waals surface area contributed by atoms with Gasteiger partial charge >= 0.3 is 0 Å². The van der Waals surface area contributed by atoms with Crippen LogP contribution >= 0.6 is 0 Å². The maximum atomic E-state index is 11.3. The van der Waals surface area contributed by atoms with Crippen LogP contribution in [0.1, 0.15) is 0 Å². The van der Waals surface area contributed by atoms with E-state index < -0.39 is 0 Å². The lowest BCUT2D eigenvalue weighted by atomic mass is 10.1. The Morgan fingerprint density at radius 1 is 1.18 bits per heavy atom. The Morgan fingerprint density at radius 3 is 2.59 bits per heavy atom. The first-order valence-electron chi connectivity index (χ1n) is 6.91. The normalized spacial score (nSPS) is 10.2. The van der Waals surface area contributed by atoms with Crippen molar-refractivity contribution in [3.05, 3.63) is 67.3 Å². The Labute approximate surface area is 128 Å². The van der Waals surface area contributed by atoms with E-state index in [1.807, 2.05) is 65.1 Å². The number of carbonyl (C=O) groups excluding carboxylic acids is 1. The first-order valence-corrected chi connectivity index (χ1v) is 6.91. The van der Waals surface area contributed by atoms with Crippen LogP contribution in [-0.4, -0.2) is 17.6 Å². The van der Waals surface area contributed by atoms with Gasteiger partial charge in [-0.3, -0.25) is 4.57 Å². The van der Waals surface area contributed by atoms with Crippen LogP contribution in [-0.2, 0) is 4.79 Å². The molecule has 1 aromatic heterocycles. The summed E-state index contributed by atoms with van der Waals surface area (Å²) in [5, 5.41) is 0.993. The number of ether oxygens (including phenoxy) is 1. The van der Waals surface area contributed by atoms with E-state index in [9.17, 15) is 4.79 Å². The molecule has 0 saturated heterocycles. The lowest BCUT2D eigenvalue weighted by molar-refractivity contribution is 0.415. The van der Waals surface area contributed by atoms with Crippen molar-refractivity contribution in [2.75, 3.05) is 7.11 Å². The summed E-state index contributed by atoms with van der Waals surface area (Å²) in [4.78, 5) is 11.3. The Morgan fingerprint density at radius 2 is 1.95 bits per heavy atom. The SMILES string of the molecule is C=CC(=C=O)n1c(-c2ccccc2)cc2cc(OC)ccc21. The number of hydrogen-bond acceptors (Lipinski definition) is 2. The van der Waals surface area contributed by atoms with Gasteiger partial charge in [-0.15, -0.1) is 0 Å². The molecule has 1 heterocycles. The molecular weight excluding hydrogens is 274 g/mol. The maximum absolute atomic E-state index is 11.3. The summed E-state index contributed by atoms with van der Waals surface area (Å²) in [5.74, 6) is 2.74. The highest BCUT2D eigenvalue weighted by Gasteiger charge is 2.13. The molecule has 0 aliphatic heterocycles. The fraction of sp³-hybridized carbons (Fsp3) is 0.0526. The number of nitrogens with zero attached hydrogens (tertiary/aromatic N) is 1. The summed E-state index contributed by atoms with van der Waals surface area (Å²) in [7, 11) is 1.64. The van der Waals surface area contributed by atoms with Gasteiger partial charge in [0.05, 0.1) is 18.3 Å². The van der Waals surface area contributed by atoms with Crippen LogP contribution in [0.15, 0.2) is 67.3 Å². The van der Waals surface area contributed by atoms with Crippen molar-refractivity contribution in [2.45, 2.75) is 0 Å². The Kier molecular flexibility index (Phi) is 3.65. The second kappa shape index (κ2) is 5.76. The van der Waals surface area contributed by atoms with Crippen molar-refractivity contribution in [3.8, 4) is 17.0 Å². The maximum Gasteiger partial charge on any atom is 0.151 e. The van der Waals surface area contributed by atoms with Crippen molar-refractivity contribution in [1.82, 2.24) is 4.57 Å². The van der Waals surface area contributed by atoms with Crippen LogP contribution in [0, 0.1) is 0 Å². The predicted molar refractivity (Wildman–Crippen MR) is 89.5 cm³/mol. The second-order valence-electron chi connectivity index (χ2n) is 4.85. The molecule has 0 fully saturated rings. The predicted octanol–water partition coefficient (Wildman–Crippen LogP) is 4.18. The van der Waals surface area contributed by atoms with E-state index in [0.29, 0.717) is 5.70 Å². The molecule has 0 aliphatic rings. The summed E-state index contributed by atoms with van der Waals surface area (Å²) < 4.78 is 7.14. The van der Waals surface area contributed by atoms with E-state index in [2.05, 4.69) is 6.58 Å². The molecule has 0 radical (unpaired) electrons. The highest BCUT2D eigenvalue weighted by Crippen LogP contribution is 2.32.